The van der Waals surface area contributed by atoms with Crippen LogP contribution in [0.15, 0.2) is 18.2 Å². The highest BCUT2D eigenvalue weighted by atomic mass is 19.4. The number of aliphatic hydroxyl groups excluding tert-OH is 1. The van der Waals surface area contributed by atoms with E-state index in [1.54, 1.807) is 7.05 Å². The Kier molecular flexibility index (Phi) is 3.52. The Morgan fingerprint density at radius 1 is 1.40 bits per heavy atom. The molecule has 0 fully saturated rings. The third-order valence-electron chi connectivity index (χ3n) is 1.85. The minimum absolute atomic E-state index is 0.131. The van der Waals surface area contributed by atoms with Gasteiger partial charge in [0, 0.05) is 13.6 Å². The van der Waals surface area contributed by atoms with Crippen LogP contribution < -0.4 is 4.90 Å². The Balaban J connectivity index is 2.92. The number of likely N-dealkylation sites (N-methyl/N-ethyl adjacent to an activating group) is 1. The van der Waals surface area contributed by atoms with Gasteiger partial charge in [-0.3, -0.25) is 0 Å². The molecule has 1 rings (SSSR count). The Hall–Kier alpha value is -1.30. The summed E-state index contributed by atoms with van der Waals surface area (Å²) in [6.45, 7) is 0.114. The summed E-state index contributed by atoms with van der Waals surface area (Å²) in [4.78, 5) is 4.91. The van der Waals surface area contributed by atoms with Crippen molar-refractivity contribution >= 4 is 5.82 Å². The fourth-order valence-corrected chi connectivity index (χ4v) is 1.06. The van der Waals surface area contributed by atoms with E-state index in [0.29, 0.717) is 0 Å². The SMILES string of the molecule is CN(CCO)c1cccc(C(F)(F)F)n1. The molecular formula is C9H11F3N2O. The van der Waals surface area contributed by atoms with Gasteiger partial charge in [0.05, 0.1) is 6.61 Å². The van der Waals surface area contributed by atoms with Crippen LogP contribution in [0.2, 0.25) is 0 Å². The van der Waals surface area contributed by atoms with Crippen LogP contribution >= 0.6 is 0 Å². The molecular weight excluding hydrogens is 209 g/mol. The molecule has 15 heavy (non-hydrogen) atoms. The zero-order chi connectivity index (χ0) is 11.5. The number of rotatable bonds is 3. The molecule has 0 aliphatic carbocycles. The van der Waals surface area contributed by atoms with E-state index in [0.717, 1.165) is 6.07 Å². The lowest BCUT2D eigenvalue weighted by molar-refractivity contribution is -0.141. The van der Waals surface area contributed by atoms with Crippen molar-refractivity contribution in [3.63, 3.8) is 0 Å². The van der Waals surface area contributed by atoms with Crippen LogP contribution in [0.1, 0.15) is 5.69 Å². The Labute approximate surface area is 85.2 Å². The molecule has 0 aliphatic rings. The molecule has 84 valence electrons. The minimum Gasteiger partial charge on any atom is -0.395 e. The van der Waals surface area contributed by atoms with Crippen LogP contribution in [0, 0.1) is 0 Å². The van der Waals surface area contributed by atoms with Crippen molar-refractivity contribution in [3.05, 3.63) is 23.9 Å². The highest BCUT2D eigenvalue weighted by Gasteiger charge is 2.32. The highest BCUT2D eigenvalue weighted by molar-refractivity contribution is 5.38. The summed E-state index contributed by atoms with van der Waals surface area (Å²) < 4.78 is 36.9. The first-order valence-electron chi connectivity index (χ1n) is 4.31. The van der Waals surface area contributed by atoms with Crippen molar-refractivity contribution in [3.8, 4) is 0 Å². The molecule has 1 heterocycles. The van der Waals surface area contributed by atoms with Crippen molar-refractivity contribution in [1.29, 1.82) is 0 Å². The van der Waals surface area contributed by atoms with E-state index in [2.05, 4.69) is 4.98 Å². The summed E-state index contributed by atoms with van der Waals surface area (Å²) in [5.74, 6) is 0.193. The summed E-state index contributed by atoms with van der Waals surface area (Å²) in [7, 11) is 1.57. The lowest BCUT2D eigenvalue weighted by atomic mass is 10.3. The maximum Gasteiger partial charge on any atom is 0.433 e. The Bertz CT molecular complexity index is 327. The van der Waals surface area contributed by atoms with Gasteiger partial charge in [0.25, 0.3) is 0 Å². The monoisotopic (exact) mass is 220 g/mol. The number of aliphatic hydroxyl groups is 1. The van der Waals surface area contributed by atoms with E-state index >= 15 is 0 Å². The summed E-state index contributed by atoms with van der Waals surface area (Å²) in [5.41, 5.74) is -0.926. The predicted octanol–water partition coefficient (Wildman–Crippen LogP) is 1.53. The average Bonchev–Trinajstić information content (AvgIpc) is 2.17. The molecule has 1 N–H and O–H groups in total. The third-order valence-corrected chi connectivity index (χ3v) is 1.85. The summed E-state index contributed by atoms with van der Waals surface area (Å²) in [5, 5.41) is 8.64. The summed E-state index contributed by atoms with van der Waals surface area (Å²) >= 11 is 0. The van der Waals surface area contributed by atoms with E-state index in [9.17, 15) is 13.2 Å². The number of aromatic nitrogens is 1. The maximum absolute atomic E-state index is 12.3. The second-order valence-corrected chi connectivity index (χ2v) is 3.02. The predicted molar refractivity (Wildman–Crippen MR) is 49.6 cm³/mol. The molecule has 1 aromatic rings. The van der Waals surface area contributed by atoms with Crippen LogP contribution in [0.5, 0.6) is 0 Å². The van der Waals surface area contributed by atoms with E-state index in [1.807, 2.05) is 0 Å². The fraction of sp³-hybridized carbons (Fsp3) is 0.444. The van der Waals surface area contributed by atoms with E-state index < -0.39 is 11.9 Å². The molecule has 0 saturated heterocycles. The zero-order valence-electron chi connectivity index (χ0n) is 8.12. The number of halogens is 3. The van der Waals surface area contributed by atoms with Gasteiger partial charge >= 0.3 is 6.18 Å². The normalized spacial score (nSPS) is 11.5. The Morgan fingerprint density at radius 3 is 2.60 bits per heavy atom. The van der Waals surface area contributed by atoms with Gasteiger partial charge in [-0.1, -0.05) is 6.07 Å². The van der Waals surface area contributed by atoms with Crippen molar-refractivity contribution in [1.82, 2.24) is 4.98 Å². The third kappa shape index (κ3) is 3.09. The van der Waals surface area contributed by atoms with Crippen molar-refractivity contribution in [2.24, 2.45) is 0 Å². The molecule has 0 saturated carbocycles. The van der Waals surface area contributed by atoms with Gasteiger partial charge in [-0.2, -0.15) is 13.2 Å². The van der Waals surface area contributed by atoms with Gasteiger partial charge < -0.3 is 10.0 Å². The number of anilines is 1. The van der Waals surface area contributed by atoms with Gasteiger partial charge in [-0.05, 0) is 12.1 Å². The molecule has 0 spiro atoms. The van der Waals surface area contributed by atoms with E-state index in [1.165, 1.54) is 17.0 Å². The zero-order valence-corrected chi connectivity index (χ0v) is 8.12. The molecule has 0 amide bonds. The standard InChI is InChI=1S/C9H11F3N2O/c1-14(5-6-15)8-4-2-3-7(13-8)9(10,11)12/h2-4,15H,5-6H2,1H3. The lowest BCUT2D eigenvalue weighted by Gasteiger charge is -2.17. The van der Waals surface area contributed by atoms with Gasteiger partial charge in [0.1, 0.15) is 11.5 Å². The topological polar surface area (TPSA) is 36.4 Å². The first-order valence-corrected chi connectivity index (χ1v) is 4.31. The quantitative estimate of drug-likeness (QED) is 0.839. The lowest BCUT2D eigenvalue weighted by Crippen LogP contribution is -2.23. The van der Waals surface area contributed by atoms with Crippen LogP contribution in [0.3, 0.4) is 0 Å². The molecule has 0 aliphatic heterocycles. The second-order valence-electron chi connectivity index (χ2n) is 3.02. The van der Waals surface area contributed by atoms with Crippen molar-refractivity contribution < 1.29 is 18.3 Å². The highest BCUT2D eigenvalue weighted by Crippen LogP contribution is 2.28. The first kappa shape index (κ1) is 11.8. The minimum atomic E-state index is -4.43. The van der Waals surface area contributed by atoms with Crippen LogP contribution in [-0.2, 0) is 6.18 Å². The van der Waals surface area contributed by atoms with Crippen molar-refractivity contribution in [2.45, 2.75) is 6.18 Å². The number of alkyl halides is 3. The molecule has 1 aromatic heterocycles. The molecule has 3 nitrogen and oxygen atoms in total. The number of nitrogens with zero attached hydrogens (tertiary/aromatic N) is 2. The molecule has 0 aromatic carbocycles. The summed E-state index contributed by atoms with van der Waals surface area (Å²) in [6, 6.07) is 3.67. The molecule has 0 atom stereocenters. The molecule has 0 unspecified atom stereocenters. The van der Waals surface area contributed by atoms with Gasteiger partial charge in [0.2, 0.25) is 0 Å². The first-order chi connectivity index (χ1) is 6.95. The van der Waals surface area contributed by atoms with E-state index in [-0.39, 0.29) is 19.0 Å². The molecule has 0 radical (unpaired) electrons. The van der Waals surface area contributed by atoms with Crippen LogP contribution in [0.4, 0.5) is 19.0 Å². The smallest absolute Gasteiger partial charge is 0.395 e. The van der Waals surface area contributed by atoms with Crippen LogP contribution in [-0.4, -0.2) is 30.3 Å². The van der Waals surface area contributed by atoms with Crippen LogP contribution in [0.25, 0.3) is 0 Å². The van der Waals surface area contributed by atoms with Gasteiger partial charge in [-0.25, -0.2) is 4.98 Å². The second kappa shape index (κ2) is 4.48. The van der Waals surface area contributed by atoms with Gasteiger partial charge in [-0.15, -0.1) is 0 Å². The molecule has 0 bridgehead atoms. The average molecular weight is 220 g/mol. The van der Waals surface area contributed by atoms with E-state index in [4.69, 9.17) is 5.11 Å². The van der Waals surface area contributed by atoms with Crippen molar-refractivity contribution in [2.75, 3.05) is 25.1 Å². The number of hydrogen-bond donors (Lipinski definition) is 1. The van der Waals surface area contributed by atoms with Gasteiger partial charge in [0.15, 0.2) is 0 Å². The number of pyridine rings is 1. The number of hydrogen-bond acceptors (Lipinski definition) is 3. The maximum atomic E-state index is 12.3. The largest absolute Gasteiger partial charge is 0.433 e. The fourth-order valence-electron chi connectivity index (χ4n) is 1.06. The Morgan fingerprint density at radius 2 is 2.07 bits per heavy atom. The summed E-state index contributed by atoms with van der Waals surface area (Å²) in [6.07, 6.45) is -4.43. The molecule has 6 heteroatoms.